The van der Waals surface area contributed by atoms with Gasteiger partial charge >= 0.3 is 0 Å². The second-order valence-electron chi connectivity index (χ2n) is 8.97. The molecule has 0 radical (unpaired) electrons. The maximum atomic E-state index is 5.87. The molecule has 2 aliphatic heterocycles. The number of hydrogen-bond donors (Lipinski definition) is 0. The van der Waals surface area contributed by atoms with Gasteiger partial charge in [-0.05, 0) is 52.8 Å². The van der Waals surface area contributed by atoms with E-state index in [1.807, 2.05) is 0 Å². The molecule has 4 heteroatoms. The molecular weight excluding hydrogens is 427 g/mol. The van der Waals surface area contributed by atoms with Crippen LogP contribution in [-0.4, -0.2) is 13.8 Å². The molecule has 0 N–H and O–H groups in total. The van der Waals surface area contributed by atoms with Crippen LogP contribution in [0.15, 0.2) is 121 Å². The topological polar surface area (TPSA) is 15.7 Å². The minimum atomic E-state index is 0.137. The normalized spacial score (nSPS) is 13.1. The highest BCUT2D eigenvalue weighted by atomic mass is 16.5. The van der Waals surface area contributed by atoms with Crippen LogP contribution in [0.1, 0.15) is 0 Å². The standard InChI is InChI=1S/C31H23BN2O/c1-35-24-20-29-31-30(21-24)34(23-14-6-3-7-15-23)28-19-11-9-17-26(28)32(31)25-16-8-10-18-27(25)33(29)22-12-4-2-5-13-22/h2-21H,1H3. The van der Waals surface area contributed by atoms with Crippen LogP contribution in [0.25, 0.3) is 0 Å². The van der Waals surface area contributed by atoms with Gasteiger partial charge in [0.1, 0.15) is 5.75 Å². The zero-order valence-corrected chi connectivity index (χ0v) is 19.4. The lowest BCUT2D eigenvalue weighted by Gasteiger charge is -2.44. The summed E-state index contributed by atoms with van der Waals surface area (Å²) in [7, 11) is 1.75. The van der Waals surface area contributed by atoms with E-state index in [2.05, 4.69) is 131 Å². The average molecular weight is 450 g/mol. The van der Waals surface area contributed by atoms with Crippen molar-refractivity contribution < 1.29 is 4.74 Å². The van der Waals surface area contributed by atoms with E-state index in [0.29, 0.717) is 0 Å². The van der Waals surface area contributed by atoms with E-state index in [9.17, 15) is 0 Å². The first-order chi connectivity index (χ1) is 17.3. The fourth-order valence-electron chi connectivity index (χ4n) is 5.70. The van der Waals surface area contributed by atoms with Crippen molar-refractivity contribution in [2.75, 3.05) is 16.9 Å². The van der Waals surface area contributed by atoms with E-state index in [-0.39, 0.29) is 6.71 Å². The molecule has 0 saturated carbocycles. The van der Waals surface area contributed by atoms with Gasteiger partial charge in [-0.1, -0.05) is 72.8 Å². The number of hydrogen-bond acceptors (Lipinski definition) is 3. The molecule has 0 aromatic heterocycles. The second kappa shape index (κ2) is 7.81. The van der Waals surface area contributed by atoms with Crippen molar-refractivity contribution in [3.05, 3.63) is 121 Å². The Labute approximate surface area is 205 Å². The molecule has 35 heavy (non-hydrogen) atoms. The van der Waals surface area contributed by atoms with Crippen molar-refractivity contribution in [2.24, 2.45) is 0 Å². The molecule has 0 aliphatic carbocycles. The molecule has 2 heterocycles. The lowest BCUT2D eigenvalue weighted by atomic mass is 9.33. The molecule has 5 aromatic carbocycles. The molecule has 166 valence electrons. The molecule has 7 rings (SSSR count). The Bertz CT molecular complexity index is 1440. The van der Waals surface area contributed by atoms with Crippen LogP contribution < -0.4 is 30.9 Å². The Kier molecular flexibility index (Phi) is 4.46. The number of ether oxygens (including phenoxy) is 1. The molecule has 0 unspecified atom stereocenters. The summed E-state index contributed by atoms with van der Waals surface area (Å²) in [6, 6.07) is 43.2. The minimum absolute atomic E-state index is 0.137. The van der Waals surface area contributed by atoms with Crippen molar-refractivity contribution in [2.45, 2.75) is 0 Å². The zero-order valence-electron chi connectivity index (χ0n) is 19.4. The summed E-state index contributed by atoms with van der Waals surface area (Å²) in [6.45, 7) is 0.137. The van der Waals surface area contributed by atoms with Crippen molar-refractivity contribution in [1.82, 2.24) is 0 Å². The van der Waals surface area contributed by atoms with E-state index in [1.54, 1.807) is 7.11 Å². The third kappa shape index (κ3) is 2.93. The minimum Gasteiger partial charge on any atom is -0.497 e. The van der Waals surface area contributed by atoms with Crippen molar-refractivity contribution in [3.8, 4) is 5.75 Å². The average Bonchev–Trinajstić information content (AvgIpc) is 2.93. The molecule has 0 atom stereocenters. The molecule has 2 aliphatic rings. The summed E-state index contributed by atoms with van der Waals surface area (Å²) in [5, 5.41) is 0. The fourth-order valence-corrected chi connectivity index (χ4v) is 5.70. The van der Waals surface area contributed by atoms with E-state index in [4.69, 9.17) is 4.74 Å². The summed E-state index contributed by atoms with van der Waals surface area (Å²) in [5.74, 6) is 0.845. The Morgan fingerprint density at radius 3 is 1.40 bits per heavy atom. The predicted molar refractivity (Wildman–Crippen MR) is 147 cm³/mol. The van der Waals surface area contributed by atoms with Crippen LogP contribution in [0.3, 0.4) is 0 Å². The number of rotatable bonds is 3. The third-order valence-electron chi connectivity index (χ3n) is 7.12. The van der Waals surface area contributed by atoms with Gasteiger partial charge in [0.15, 0.2) is 0 Å². The smallest absolute Gasteiger partial charge is 0.252 e. The molecule has 0 amide bonds. The van der Waals surface area contributed by atoms with Crippen LogP contribution in [0, 0.1) is 0 Å². The maximum absolute atomic E-state index is 5.87. The van der Waals surface area contributed by atoms with Crippen LogP contribution in [-0.2, 0) is 0 Å². The Morgan fingerprint density at radius 2 is 0.943 bits per heavy atom. The summed E-state index contributed by atoms with van der Waals surface area (Å²) in [6.07, 6.45) is 0. The Hall–Kier alpha value is -4.44. The van der Waals surface area contributed by atoms with Gasteiger partial charge in [-0.2, -0.15) is 0 Å². The van der Waals surface area contributed by atoms with Crippen molar-refractivity contribution >= 4 is 57.2 Å². The predicted octanol–water partition coefficient (Wildman–Crippen LogP) is 5.78. The first-order valence-corrected chi connectivity index (χ1v) is 12.0. The van der Waals surface area contributed by atoms with Crippen LogP contribution >= 0.6 is 0 Å². The van der Waals surface area contributed by atoms with Crippen LogP contribution in [0.2, 0.25) is 0 Å². The Morgan fingerprint density at radius 1 is 0.514 bits per heavy atom. The first-order valence-electron chi connectivity index (χ1n) is 12.0. The fraction of sp³-hybridized carbons (Fsp3) is 0.0323. The maximum Gasteiger partial charge on any atom is 0.252 e. The molecule has 3 nitrogen and oxygen atoms in total. The van der Waals surface area contributed by atoms with E-state index in [1.165, 1.54) is 27.8 Å². The number of anilines is 6. The first kappa shape index (κ1) is 20.0. The largest absolute Gasteiger partial charge is 0.497 e. The van der Waals surface area contributed by atoms with Gasteiger partial charge in [-0.25, -0.2) is 0 Å². The lowest BCUT2D eigenvalue weighted by molar-refractivity contribution is 0.415. The second-order valence-corrected chi connectivity index (χ2v) is 8.97. The summed E-state index contributed by atoms with van der Waals surface area (Å²) in [5.41, 5.74) is 10.9. The van der Waals surface area contributed by atoms with Gasteiger partial charge in [-0.3, -0.25) is 0 Å². The number of nitrogens with zero attached hydrogens (tertiary/aromatic N) is 2. The summed E-state index contributed by atoms with van der Waals surface area (Å²) < 4.78 is 5.87. The summed E-state index contributed by atoms with van der Waals surface area (Å²) in [4.78, 5) is 4.76. The molecule has 0 saturated heterocycles. The quantitative estimate of drug-likeness (QED) is 0.318. The van der Waals surface area contributed by atoms with E-state index >= 15 is 0 Å². The van der Waals surface area contributed by atoms with Gasteiger partial charge in [0.25, 0.3) is 6.71 Å². The van der Waals surface area contributed by atoms with Crippen molar-refractivity contribution in [3.63, 3.8) is 0 Å². The van der Waals surface area contributed by atoms with E-state index < -0.39 is 0 Å². The highest BCUT2D eigenvalue weighted by molar-refractivity contribution is 7.00. The van der Waals surface area contributed by atoms with Gasteiger partial charge in [-0.15, -0.1) is 0 Å². The van der Waals surface area contributed by atoms with Gasteiger partial charge in [0, 0.05) is 46.3 Å². The molecular formula is C31H23BN2O. The number of methoxy groups -OCH3 is 1. The molecule has 5 aromatic rings. The molecule has 0 spiro atoms. The SMILES string of the molecule is COc1cc2c3c(c1)N(c1ccccc1)c1ccccc1B3c1ccccc1N2c1ccccc1. The molecule has 0 fully saturated rings. The number of benzene rings is 5. The van der Waals surface area contributed by atoms with Crippen LogP contribution in [0.4, 0.5) is 34.1 Å². The summed E-state index contributed by atoms with van der Waals surface area (Å²) >= 11 is 0. The number of para-hydroxylation sites is 4. The monoisotopic (exact) mass is 450 g/mol. The van der Waals surface area contributed by atoms with Crippen molar-refractivity contribution in [1.29, 1.82) is 0 Å². The molecule has 0 bridgehead atoms. The Balaban J connectivity index is 1.61. The van der Waals surface area contributed by atoms with Crippen LogP contribution in [0.5, 0.6) is 5.75 Å². The number of fused-ring (bicyclic) bond motifs is 4. The van der Waals surface area contributed by atoms with Gasteiger partial charge < -0.3 is 14.5 Å². The van der Waals surface area contributed by atoms with Gasteiger partial charge in [0.05, 0.1) is 7.11 Å². The highest BCUT2D eigenvalue weighted by Gasteiger charge is 2.43. The van der Waals surface area contributed by atoms with E-state index in [0.717, 1.165) is 28.5 Å². The van der Waals surface area contributed by atoms with Gasteiger partial charge in [0.2, 0.25) is 0 Å². The highest BCUT2D eigenvalue weighted by Crippen LogP contribution is 2.45. The third-order valence-corrected chi connectivity index (χ3v) is 7.12. The zero-order chi connectivity index (χ0) is 23.4. The lowest BCUT2D eigenvalue weighted by Crippen LogP contribution is -2.61.